The number of nitrogens with zero attached hydrogens (tertiary/aromatic N) is 3. The molecule has 1 N–H and O–H groups in total. The number of fused-ring (bicyclic) bond motifs is 1. The second kappa shape index (κ2) is 8.80. The molecule has 4 rings (SSSR count). The normalized spacial score (nSPS) is 11.2. The monoisotopic (exact) mass is 419 g/mol. The largest absolute Gasteiger partial charge is 0.493 e. The molecule has 4 aromatic rings. The molecule has 150 valence electrons. The van der Waals surface area contributed by atoms with Crippen LogP contribution in [0.1, 0.15) is 5.56 Å². The molecule has 0 saturated heterocycles. The number of para-hydroxylation sites is 2. The lowest BCUT2D eigenvalue weighted by Gasteiger charge is -2.06. The topological polar surface area (TPSA) is 76.2 Å². The molecular weight excluding hydrogens is 402 g/mol. The zero-order chi connectivity index (χ0) is 20.9. The summed E-state index contributed by atoms with van der Waals surface area (Å²) in [6.45, 7) is 0.156. The van der Waals surface area contributed by atoms with E-state index in [1.54, 1.807) is 28.8 Å². The standard InChI is InChI=1S/C23H18ClN3O3/c24-18-11-5-7-13-20(18)30-15-21(28)25-26-22-17-10-4-6-12-19(17)27(23(22)29)14-16-8-2-1-3-9-16/h1-13,29H,14-15H2. The minimum atomic E-state index is -0.589. The van der Waals surface area contributed by atoms with Crippen LogP contribution in [0.25, 0.3) is 10.9 Å². The van der Waals surface area contributed by atoms with E-state index in [1.165, 1.54) is 0 Å². The second-order valence-corrected chi connectivity index (χ2v) is 6.98. The van der Waals surface area contributed by atoms with Gasteiger partial charge in [-0.3, -0.25) is 4.79 Å². The average Bonchev–Trinajstić information content (AvgIpc) is 3.03. The van der Waals surface area contributed by atoms with Gasteiger partial charge in [-0.15, -0.1) is 10.2 Å². The molecule has 1 aromatic heterocycles. The third-order valence-electron chi connectivity index (χ3n) is 4.55. The van der Waals surface area contributed by atoms with Crippen molar-refractivity contribution in [3.63, 3.8) is 0 Å². The Morgan fingerprint density at radius 3 is 2.47 bits per heavy atom. The number of aromatic nitrogens is 1. The van der Waals surface area contributed by atoms with Crippen molar-refractivity contribution >= 4 is 34.1 Å². The Kier molecular flexibility index (Phi) is 5.77. The molecule has 3 aromatic carbocycles. The molecule has 1 amide bonds. The molecule has 0 radical (unpaired) electrons. The predicted molar refractivity (Wildman–Crippen MR) is 116 cm³/mol. The highest BCUT2D eigenvalue weighted by Crippen LogP contribution is 2.39. The first-order chi connectivity index (χ1) is 14.6. The van der Waals surface area contributed by atoms with E-state index < -0.39 is 5.91 Å². The van der Waals surface area contributed by atoms with Crippen LogP contribution in [0.15, 0.2) is 89.1 Å². The molecule has 7 heteroatoms. The van der Waals surface area contributed by atoms with Gasteiger partial charge in [-0.1, -0.05) is 72.3 Å². The van der Waals surface area contributed by atoms with E-state index >= 15 is 0 Å². The summed E-state index contributed by atoms with van der Waals surface area (Å²) in [6.07, 6.45) is 0. The van der Waals surface area contributed by atoms with Crippen molar-refractivity contribution in [2.24, 2.45) is 10.2 Å². The number of halogens is 1. The number of carbonyl (C=O) groups excluding carboxylic acids is 1. The van der Waals surface area contributed by atoms with Crippen LogP contribution in [0.5, 0.6) is 11.6 Å². The van der Waals surface area contributed by atoms with Gasteiger partial charge in [0.15, 0.2) is 12.3 Å². The smallest absolute Gasteiger partial charge is 0.302 e. The average molecular weight is 420 g/mol. The molecule has 1 heterocycles. The van der Waals surface area contributed by atoms with Crippen molar-refractivity contribution in [2.75, 3.05) is 6.61 Å². The predicted octanol–water partition coefficient (Wildman–Crippen LogP) is 5.74. The minimum Gasteiger partial charge on any atom is -0.493 e. The van der Waals surface area contributed by atoms with Gasteiger partial charge in [-0.05, 0) is 23.8 Å². The van der Waals surface area contributed by atoms with Crippen molar-refractivity contribution in [1.29, 1.82) is 0 Å². The fourth-order valence-electron chi connectivity index (χ4n) is 3.13. The summed E-state index contributed by atoms with van der Waals surface area (Å²) in [6, 6.07) is 24.1. The Labute approximate surface area is 178 Å². The molecular formula is C23H18ClN3O3. The number of ether oxygens (including phenoxy) is 1. The molecule has 0 atom stereocenters. The van der Waals surface area contributed by atoms with E-state index in [9.17, 15) is 9.90 Å². The van der Waals surface area contributed by atoms with Gasteiger partial charge < -0.3 is 14.4 Å². The summed E-state index contributed by atoms with van der Waals surface area (Å²) in [5.41, 5.74) is 2.07. The molecule has 0 aliphatic rings. The highest BCUT2D eigenvalue weighted by atomic mass is 35.5. The van der Waals surface area contributed by atoms with Crippen LogP contribution in [-0.2, 0) is 11.3 Å². The molecule has 30 heavy (non-hydrogen) atoms. The number of aromatic hydroxyl groups is 1. The summed E-state index contributed by atoms with van der Waals surface area (Å²) < 4.78 is 7.13. The Balaban J connectivity index is 1.57. The summed E-state index contributed by atoms with van der Waals surface area (Å²) in [7, 11) is 0. The van der Waals surface area contributed by atoms with E-state index in [0.717, 1.165) is 11.1 Å². The van der Waals surface area contributed by atoms with Gasteiger partial charge >= 0.3 is 5.91 Å². The maximum atomic E-state index is 12.1. The van der Waals surface area contributed by atoms with E-state index in [1.807, 2.05) is 54.6 Å². The van der Waals surface area contributed by atoms with Gasteiger partial charge in [0.1, 0.15) is 5.75 Å². The van der Waals surface area contributed by atoms with E-state index in [0.29, 0.717) is 22.7 Å². The highest BCUT2D eigenvalue weighted by Gasteiger charge is 2.17. The Hall–Kier alpha value is -3.64. The van der Waals surface area contributed by atoms with Crippen LogP contribution in [-0.4, -0.2) is 22.2 Å². The van der Waals surface area contributed by atoms with Crippen molar-refractivity contribution < 1.29 is 14.6 Å². The van der Waals surface area contributed by atoms with E-state index in [2.05, 4.69) is 10.2 Å². The first-order valence-electron chi connectivity index (χ1n) is 9.29. The molecule has 0 unspecified atom stereocenters. The van der Waals surface area contributed by atoms with Gasteiger partial charge in [0.05, 0.1) is 17.1 Å². The Morgan fingerprint density at radius 2 is 1.67 bits per heavy atom. The van der Waals surface area contributed by atoms with Gasteiger partial charge in [-0.25, -0.2) is 0 Å². The minimum absolute atomic E-state index is 0.0522. The molecule has 0 aliphatic heterocycles. The fourth-order valence-corrected chi connectivity index (χ4v) is 3.32. The van der Waals surface area contributed by atoms with Crippen LogP contribution in [0.2, 0.25) is 5.02 Å². The van der Waals surface area contributed by atoms with Crippen LogP contribution in [0, 0.1) is 0 Å². The highest BCUT2D eigenvalue weighted by molar-refractivity contribution is 6.32. The quantitative estimate of drug-likeness (QED) is 0.405. The number of amides is 1. The van der Waals surface area contributed by atoms with Gasteiger partial charge in [0.2, 0.25) is 5.88 Å². The number of benzene rings is 3. The molecule has 6 nitrogen and oxygen atoms in total. The van der Waals surface area contributed by atoms with E-state index in [-0.39, 0.29) is 18.2 Å². The summed E-state index contributed by atoms with van der Waals surface area (Å²) in [4.78, 5) is 12.1. The lowest BCUT2D eigenvalue weighted by Crippen LogP contribution is -2.08. The summed E-state index contributed by atoms with van der Waals surface area (Å²) in [5, 5.41) is 19.6. The van der Waals surface area contributed by atoms with Crippen molar-refractivity contribution in [2.45, 2.75) is 6.54 Å². The number of hydrogen-bond acceptors (Lipinski definition) is 4. The maximum Gasteiger partial charge on any atom is 0.302 e. The SMILES string of the molecule is O=C(COc1ccccc1Cl)N=Nc1c(O)n(Cc2ccccc2)c2ccccc12. The number of hydrogen-bond donors (Lipinski definition) is 1. The molecule has 0 aliphatic carbocycles. The summed E-state index contributed by atoms with van der Waals surface area (Å²) >= 11 is 6.01. The third kappa shape index (κ3) is 4.18. The van der Waals surface area contributed by atoms with Gasteiger partial charge in [-0.2, -0.15) is 0 Å². The first kappa shape index (κ1) is 19.7. The Bertz CT molecular complexity index is 1220. The van der Waals surface area contributed by atoms with Crippen molar-refractivity contribution in [3.8, 4) is 11.6 Å². The van der Waals surface area contributed by atoms with Crippen molar-refractivity contribution in [3.05, 3.63) is 89.4 Å². The first-order valence-corrected chi connectivity index (χ1v) is 9.67. The molecule has 0 bridgehead atoms. The zero-order valence-corrected chi connectivity index (χ0v) is 16.7. The zero-order valence-electron chi connectivity index (χ0n) is 15.9. The second-order valence-electron chi connectivity index (χ2n) is 6.57. The van der Waals surface area contributed by atoms with Crippen LogP contribution < -0.4 is 4.74 Å². The number of azo groups is 1. The summed E-state index contributed by atoms with van der Waals surface area (Å²) in [5.74, 6) is -0.247. The molecule has 0 fully saturated rings. The van der Waals surface area contributed by atoms with Crippen molar-refractivity contribution in [1.82, 2.24) is 4.57 Å². The van der Waals surface area contributed by atoms with Crippen LogP contribution >= 0.6 is 11.6 Å². The van der Waals surface area contributed by atoms with Crippen LogP contribution in [0.3, 0.4) is 0 Å². The van der Waals surface area contributed by atoms with Crippen LogP contribution in [0.4, 0.5) is 5.69 Å². The maximum absolute atomic E-state index is 12.1. The van der Waals surface area contributed by atoms with Gasteiger partial charge in [0.25, 0.3) is 0 Å². The lowest BCUT2D eigenvalue weighted by atomic mass is 10.2. The Morgan fingerprint density at radius 1 is 0.967 bits per heavy atom. The molecule has 0 saturated carbocycles. The van der Waals surface area contributed by atoms with E-state index in [4.69, 9.17) is 16.3 Å². The fraction of sp³-hybridized carbons (Fsp3) is 0.0870. The number of carbonyl (C=O) groups is 1. The van der Waals surface area contributed by atoms with Gasteiger partial charge in [0, 0.05) is 5.39 Å². The lowest BCUT2D eigenvalue weighted by molar-refractivity contribution is -0.120. The molecule has 0 spiro atoms. The third-order valence-corrected chi connectivity index (χ3v) is 4.86. The number of rotatable bonds is 6.